The molecule has 0 unspecified atom stereocenters. The number of carbonyl (C=O) groups excluding carboxylic acids is 1. The number of rotatable bonds is 8. The van der Waals surface area contributed by atoms with Crippen molar-refractivity contribution < 1.29 is 19.1 Å². The van der Waals surface area contributed by atoms with Crippen molar-refractivity contribution in [1.82, 2.24) is 5.32 Å². The molecule has 0 saturated heterocycles. The van der Waals surface area contributed by atoms with Crippen LogP contribution in [-0.2, 0) is 4.79 Å². The fourth-order valence-corrected chi connectivity index (χ4v) is 1.87. The minimum atomic E-state index is -0.784. The zero-order valence-corrected chi connectivity index (χ0v) is 11.6. The Labute approximate surface area is 118 Å². The second-order valence-electron chi connectivity index (χ2n) is 4.75. The SMILES string of the molecule is Cc1cccc(C(=O)NCCCCCCC(=O)O)c1F. The molecule has 0 spiro atoms. The molecule has 1 rings (SSSR count). The third-order valence-electron chi connectivity index (χ3n) is 3.04. The monoisotopic (exact) mass is 281 g/mol. The Balaban J connectivity index is 2.24. The van der Waals surface area contributed by atoms with Crippen LogP contribution >= 0.6 is 0 Å². The zero-order valence-electron chi connectivity index (χ0n) is 11.6. The molecule has 0 radical (unpaired) electrons. The van der Waals surface area contributed by atoms with Gasteiger partial charge >= 0.3 is 5.97 Å². The predicted molar refractivity (Wildman–Crippen MR) is 74.2 cm³/mol. The molecule has 0 aromatic heterocycles. The topological polar surface area (TPSA) is 66.4 Å². The molecule has 0 bridgehead atoms. The van der Waals surface area contributed by atoms with Gasteiger partial charge in [-0.25, -0.2) is 4.39 Å². The van der Waals surface area contributed by atoms with E-state index in [1.807, 2.05) is 0 Å². The van der Waals surface area contributed by atoms with E-state index in [1.165, 1.54) is 6.07 Å². The number of aliphatic carboxylic acids is 1. The third kappa shape index (κ3) is 5.38. The molecule has 0 aliphatic rings. The summed E-state index contributed by atoms with van der Waals surface area (Å²) in [5.41, 5.74) is 0.516. The molecule has 0 aliphatic heterocycles. The van der Waals surface area contributed by atoms with Crippen LogP contribution in [-0.4, -0.2) is 23.5 Å². The van der Waals surface area contributed by atoms with Gasteiger partial charge in [-0.05, 0) is 31.4 Å². The summed E-state index contributed by atoms with van der Waals surface area (Å²) >= 11 is 0. The van der Waals surface area contributed by atoms with Crippen molar-refractivity contribution >= 4 is 11.9 Å². The summed E-state index contributed by atoms with van der Waals surface area (Å²) in [5.74, 6) is -1.67. The number of unbranched alkanes of at least 4 members (excludes halogenated alkanes) is 3. The number of carbonyl (C=O) groups is 2. The van der Waals surface area contributed by atoms with E-state index < -0.39 is 17.7 Å². The number of halogens is 1. The fraction of sp³-hybridized carbons (Fsp3) is 0.467. The number of hydrogen-bond acceptors (Lipinski definition) is 2. The average molecular weight is 281 g/mol. The summed E-state index contributed by atoms with van der Waals surface area (Å²) in [4.78, 5) is 22.1. The number of carboxylic acids is 1. The summed E-state index contributed by atoms with van der Waals surface area (Å²) in [7, 11) is 0. The molecule has 20 heavy (non-hydrogen) atoms. The van der Waals surface area contributed by atoms with Crippen LogP contribution in [0.1, 0.15) is 48.0 Å². The van der Waals surface area contributed by atoms with Gasteiger partial charge in [0.2, 0.25) is 0 Å². The smallest absolute Gasteiger partial charge is 0.303 e. The molecule has 1 amide bonds. The Morgan fingerprint density at radius 1 is 1.20 bits per heavy atom. The first-order valence-corrected chi connectivity index (χ1v) is 6.77. The van der Waals surface area contributed by atoms with Crippen LogP contribution in [0.3, 0.4) is 0 Å². The zero-order chi connectivity index (χ0) is 15.0. The van der Waals surface area contributed by atoms with Crippen LogP contribution in [0.15, 0.2) is 18.2 Å². The van der Waals surface area contributed by atoms with Crippen LogP contribution in [0.2, 0.25) is 0 Å². The predicted octanol–water partition coefficient (Wildman–Crippen LogP) is 2.90. The number of nitrogens with one attached hydrogen (secondary N) is 1. The van der Waals surface area contributed by atoms with Gasteiger partial charge in [0.1, 0.15) is 5.82 Å². The van der Waals surface area contributed by atoms with E-state index in [1.54, 1.807) is 19.1 Å². The lowest BCUT2D eigenvalue weighted by molar-refractivity contribution is -0.137. The normalized spacial score (nSPS) is 10.3. The summed E-state index contributed by atoms with van der Waals surface area (Å²) in [6, 6.07) is 4.73. The number of amides is 1. The van der Waals surface area contributed by atoms with E-state index in [0.29, 0.717) is 18.5 Å². The highest BCUT2D eigenvalue weighted by Gasteiger charge is 2.12. The van der Waals surface area contributed by atoms with E-state index >= 15 is 0 Å². The second-order valence-corrected chi connectivity index (χ2v) is 4.75. The van der Waals surface area contributed by atoms with Gasteiger partial charge < -0.3 is 10.4 Å². The Hall–Kier alpha value is -1.91. The maximum Gasteiger partial charge on any atom is 0.303 e. The van der Waals surface area contributed by atoms with Crippen molar-refractivity contribution in [2.45, 2.75) is 39.0 Å². The number of aryl methyl sites for hydroxylation is 1. The summed E-state index contributed by atoms with van der Waals surface area (Å²) in [6.45, 7) is 2.09. The second kappa shape index (κ2) is 8.30. The first-order valence-electron chi connectivity index (χ1n) is 6.77. The van der Waals surface area contributed by atoms with Gasteiger partial charge in [-0.15, -0.1) is 0 Å². The highest BCUT2D eigenvalue weighted by molar-refractivity contribution is 5.94. The van der Waals surface area contributed by atoms with Crippen LogP contribution in [0.25, 0.3) is 0 Å². The van der Waals surface area contributed by atoms with Crippen LogP contribution in [0, 0.1) is 12.7 Å². The van der Waals surface area contributed by atoms with E-state index in [-0.39, 0.29) is 12.0 Å². The van der Waals surface area contributed by atoms with Crippen molar-refractivity contribution in [1.29, 1.82) is 0 Å². The largest absolute Gasteiger partial charge is 0.481 e. The Bertz CT molecular complexity index is 474. The van der Waals surface area contributed by atoms with Gasteiger partial charge in [0.25, 0.3) is 5.91 Å². The Kier molecular flexibility index (Phi) is 6.70. The first-order chi connectivity index (χ1) is 9.52. The summed E-state index contributed by atoms with van der Waals surface area (Å²) in [5, 5.41) is 11.1. The minimum absolute atomic E-state index is 0.0656. The van der Waals surface area contributed by atoms with Gasteiger partial charge in [-0.2, -0.15) is 0 Å². The van der Waals surface area contributed by atoms with Crippen LogP contribution < -0.4 is 5.32 Å². The number of carboxylic acid groups (broad SMARTS) is 1. The molecule has 0 saturated carbocycles. The molecule has 5 heteroatoms. The van der Waals surface area contributed by atoms with Gasteiger partial charge in [-0.3, -0.25) is 9.59 Å². The Morgan fingerprint density at radius 2 is 1.90 bits per heavy atom. The molecule has 4 nitrogen and oxygen atoms in total. The quantitative estimate of drug-likeness (QED) is 0.720. The van der Waals surface area contributed by atoms with Crippen LogP contribution in [0.5, 0.6) is 0 Å². The van der Waals surface area contributed by atoms with Gasteiger partial charge in [-0.1, -0.05) is 25.0 Å². The molecule has 110 valence electrons. The molecule has 0 heterocycles. The Morgan fingerprint density at radius 3 is 2.60 bits per heavy atom. The summed E-state index contributed by atoms with van der Waals surface area (Å²) < 4.78 is 13.7. The molecule has 1 aromatic carbocycles. The molecule has 1 aromatic rings. The molecule has 0 fully saturated rings. The van der Waals surface area contributed by atoms with E-state index in [0.717, 1.165) is 19.3 Å². The van der Waals surface area contributed by atoms with Crippen molar-refractivity contribution in [3.8, 4) is 0 Å². The maximum atomic E-state index is 13.7. The molecule has 2 N–H and O–H groups in total. The van der Waals surface area contributed by atoms with Gasteiger partial charge in [0.15, 0.2) is 0 Å². The van der Waals surface area contributed by atoms with Gasteiger partial charge in [0, 0.05) is 13.0 Å². The van der Waals surface area contributed by atoms with Crippen molar-refractivity contribution in [2.24, 2.45) is 0 Å². The molecular formula is C15H20FNO3. The number of benzene rings is 1. The lowest BCUT2D eigenvalue weighted by Crippen LogP contribution is -2.25. The van der Waals surface area contributed by atoms with E-state index in [9.17, 15) is 14.0 Å². The third-order valence-corrected chi connectivity index (χ3v) is 3.04. The average Bonchev–Trinajstić information content (AvgIpc) is 2.40. The highest BCUT2D eigenvalue weighted by atomic mass is 19.1. The first kappa shape index (κ1) is 16.1. The fourth-order valence-electron chi connectivity index (χ4n) is 1.87. The molecular weight excluding hydrogens is 261 g/mol. The van der Waals surface area contributed by atoms with E-state index in [4.69, 9.17) is 5.11 Å². The van der Waals surface area contributed by atoms with Gasteiger partial charge in [0.05, 0.1) is 5.56 Å². The van der Waals surface area contributed by atoms with Crippen molar-refractivity contribution in [3.05, 3.63) is 35.1 Å². The molecule has 0 atom stereocenters. The van der Waals surface area contributed by atoms with Crippen molar-refractivity contribution in [2.75, 3.05) is 6.54 Å². The van der Waals surface area contributed by atoms with Crippen LogP contribution in [0.4, 0.5) is 4.39 Å². The van der Waals surface area contributed by atoms with Crippen molar-refractivity contribution in [3.63, 3.8) is 0 Å². The van der Waals surface area contributed by atoms with E-state index in [2.05, 4.69) is 5.32 Å². The lowest BCUT2D eigenvalue weighted by atomic mass is 10.1. The minimum Gasteiger partial charge on any atom is -0.481 e. The molecule has 0 aliphatic carbocycles. The maximum absolute atomic E-state index is 13.7. The lowest BCUT2D eigenvalue weighted by Gasteiger charge is -2.07. The highest BCUT2D eigenvalue weighted by Crippen LogP contribution is 2.11. The standard InChI is InChI=1S/C15H20FNO3/c1-11-7-6-8-12(14(11)16)15(20)17-10-5-3-2-4-9-13(18)19/h6-8H,2-5,9-10H2,1H3,(H,17,20)(H,18,19). The number of hydrogen-bond donors (Lipinski definition) is 2. The summed E-state index contributed by atoms with van der Waals surface area (Å²) in [6.07, 6.45) is 3.26.